The average Bonchev–Trinajstić information content (AvgIpc) is 3.13. The molecule has 3 aromatic carbocycles. The summed E-state index contributed by atoms with van der Waals surface area (Å²) in [7, 11) is 0. The number of benzene rings is 3. The maximum atomic E-state index is 6.18. The Hall–Kier alpha value is -3.09. The fraction of sp³-hybridized carbons (Fsp3) is 0. The minimum Gasteiger partial charge on any atom is -0.275 e. The first-order valence-electron chi connectivity index (χ1n) is 8.20. The van der Waals surface area contributed by atoms with E-state index in [1.165, 1.54) is 11.3 Å². The third-order valence-corrected chi connectivity index (χ3v) is 4.95. The molecule has 4 aromatic rings. The summed E-state index contributed by atoms with van der Waals surface area (Å²) in [5.41, 5.74) is 5.40. The highest BCUT2D eigenvalue weighted by Gasteiger charge is 2.06. The summed E-state index contributed by atoms with van der Waals surface area (Å²) in [5.74, 6) is 0.440. The molecule has 0 saturated carbocycles. The Morgan fingerprint density at radius 2 is 1.63 bits per heavy atom. The van der Waals surface area contributed by atoms with Crippen molar-refractivity contribution in [3.8, 4) is 0 Å². The van der Waals surface area contributed by atoms with Crippen LogP contribution in [0.4, 0.5) is 10.8 Å². The zero-order valence-corrected chi connectivity index (χ0v) is 15.7. The maximum absolute atomic E-state index is 6.18. The number of aromatic nitrogens is 1. The minimum atomic E-state index is 0.440. The van der Waals surface area contributed by atoms with Gasteiger partial charge in [0.15, 0.2) is 0 Å². The SMILES string of the molecule is Clc1ccccc1NN=C(N=Nc1nc2ccccc2s1)c1ccccc1. The van der Waals surface area contributed by atoms with Gasteiger partial charge < -0.3 is 0 Å². The van der Waals surface area contributed by atoms with E-state index in [2.05, 4.69) is 25.7 Å². The molecule has 4 rings (SSSR count). The van der Waals surface area contributed by atoms with Crippen LogP contribution in [-0.2, 0) is 0 Å². The molecule has 0 atom stereocenters. The molecule has 5 nitrogen and oxygen atoms in total. The van der Waals surface area contributed by atoms with Gasteiger partial charge in [-0.3, -0.25) is 5.43 Å². The number of nitrogens with zero attached hydrogens (tertiary/aromatic N) is 4. The van der Waals surface area contributed by atoms with E-state index in [0.29, 0.717) is 21.7 Å². The van der Waals surface area contributed by atoms with Crippen molar-refractivity contribution < 1.29 is 0 Å². The van der Waals surface area contributed by atoms with Crippen LogP contribution in [-0.4, -0.2) is 10.8 Å². The Bertz CT molecular complexity index is 1090. The molecule has 1 heterocycles. The molecule has 0 radical (unpaired) electrons. The Morgan fingerprint density at radius 3 is 2.44 bits per heavy atom. The Balaban J connectivity index is 1.65. The summed E-state index contributed by atoms with van der Waals surface area (Å²) < 4.78 is 1.07. The number of anilines is 1. The number of rotatable bonds is 4. The zero-order valence-electron chi connectivity index (χ0n) is 14.1. The summed E-state index contributed by atoms with van der Waals surface area (Å²) >= 11 is 7.66. The second-order valence-electron chi connectivity index (χ2n) is 5.56. The highest BCUT2D eigenvalue weighted by Crippen LogP contribution is 2.28. The van der Waals surface area contributed by atoms with Crippen LogP contribution in [0.25, 0.3) is 10.2 Å². The molecule has 0 aliphatic heterocycles. The number of azo groups is 1. The molecule has 0 bridgehead atoms. The normalized spacial score (nSPS) is 12.0. The van der Waals surface area contributed by atoms with Gasteiger partial charge in [0.1, 0.15) is 0 Å². The van der Waals surface area contributed by atoms with Gasteiger partial charge in [-0.2, -0.15) is 5.10 Å². The quantitative estimate of drug-likeness (QED) is 0.186. The van der Waals surface area contributed by atoms with E-state index < -0.39 is 0 Å². The summed E-state index contributed by atoms with van der Waals surface area (Å²) in [5, 5.41) is 14.2. The Kier molecular flexibility index (Phi) is 5.18. The molecular formula is C20H14ClN5S. The number of para-hydroxylation sites is 2. The van der Waals surface area contributed by atoms with E-state index >= 15 is 0 Å². The largest absolute Gasteiger partial charge is 0.275 e. The fourth-order valence-corrected chi connectivity index (χ4v) is 3.36. The van der Waals surface area contributed by atoms with Crippen LogP contribution in [0.1, 0.15) is 5.56 Å². The van der Waals surface area contributed by atoms with Gasteiger partial charge in [-0.25, -0.2) is 4.98 Å². The third kappa shape index (κ3) is 4.19. The lowest BCUT2D eigenvalue weighted by Crippen LogP contribution is -2.01. The van der Waals surface area contributed by atoms with Gasteiger partial charge in [0.2, 0.25) is 11.0 Å². The molecule has 0 fully saturated rings. The fourth-order valence-electron chi connectivity index (χ4n) is 2.39. The maximum Gasteiger partial charge on any atom is 0.231 e. The molecule has 0 spiro atoms. The topological polar surface area (TPSA) is 62.0 Å². The number of thiazole rings is 1. The molecule has 0 aliphatic rings. The van der Waals surface area contributed by atoms with Crippen LogP contribution in [0.15, 0.2) is 94.2 Å². The van der Waals surface area contributed by atoms with Crippen LogP contribution in [0.5, 0.6) is 0 Å². The van der Waals surface area contributed by atoms with Crippen LogP contribution < -0.4 is 5.43 Å². The molecule has 0 aliphatic carbocycles. The number of fused-ring (bicyclic) bond motifs is 1. The van der Waals surface area contributed by atoms with Crippen molar-refractivity contribution in [2.45, 2.75) is 0 Å². The second-order valence-corrected chi connectivity index (χ2v) is 6.97. The first kappa shape index (κ1) is 17.3. The van der Waals surface area contributed by atoms with Gasteiger partial charge in [-0.05, 0) is 24.3 Å². The van der Waals surface area contributed by atoms with E-state index in [-0.39, 0.29) is 0 Å². The first-order chi connectivity index (χ1) is 13.3. The summed E-state index contributed by atoms with van der Waals surface area (Å²) in [6.45, 7) is 0. The number of amidine groups is 1. The standard InChI is InChI=1S/C20H14ClN5S/c21-15-10-4-5-11-16(15)23-24-19(14-8-2-1-3-9-14)25-26-20-22-17-12-6-7-13-18(17)27-20/h1-13,23H. The highest BCUT2D eigenvalue weighted by atomic mass is 35.5. The molecule has 0 amide bonds. The number of halogens is 1. The summed E-state index contributed by atoms with van der Waals surface area (Å²) in [6.07, 6.45) is 0. The molecule has 1 aromatic heterocycles. The van der Waals surface area contributed by atoms with Gasteiger partial charge in [-0.1, -0.05) is 77.5 Å². The van der Waals surface area contributed by atoms with Crippen molar-refractivity contribution >= 4 is 49.8 Å². The molecule has 27 heavy (non-hydrogen) atoms. The molecule has 132 valence electrons. The van der Waals surface area contributed by atoms with E-state index in [0.717, 1.165) is 15.8 Å². The van der Waals surface area contributed by atoms with Gasteiger partial charge in [0, 0.05) is 5.56 Å². The van der Waals surface area contributed by atoms with E-state index in [1.807, 2.05) is 72.8 Å². The Labute approximate surface area is 165 Å². The summed E-state index contributed by atoms with van der Waals surface area (Å²) in [6, 6.07) is 24.9. The third-order valence-electron chi connectivity index (χ3n) is 3.70. The number of nitrogens with one attached hydrogen (secondary N) is 1. The van der Waals surface area contributed by atoms with E-state index in [1.54, 1.807) is 6.07 Å². The highest BCUT2D eigenvalue weighted by molar-refractivity contribution is 7.21. The molecule has 7 heteroatoms. The van der Waals surface area contributed by atoms with Crippen LogP contribution in [0.3, 0.4) is 0 Å². The average molecular weight is 392 g/mol. The van der Waals surface area contributed by atoms with E-state index in [4.69, 9.17) is 11.6 Å². The van der Waals surface area contributed by atoms with Gasteiger partial charge in [-0.15, -0.1) is 10.2 Å². The van der Waals surface area contributed by atoms with Crippen molar-refractivity contribution in [2.75, 3.05) is 5.43 Å². The predicted molar refractivity (Wildman–Crippen MR) is 112 cm³/mol. The van der Waals surface area contributed by atoms with E-state index in [9.17, 15) is 0 Å². The smallest absolute Gasteiger partial charge is 0.231 e. The van der Waals surface area contributed by atoms with Crippen LogP contribution >= 0.6 is 22.9 Å². The van der Waals surface area contributed by atoms with Crippen LogP contribution in [0, 0.1) is 0 Å². The lowest BCUT2D eigenvalue weighted by molar-refractivity contribution is 1.21. The van der Waals surface area contributed by atoms with Gasteiger partial charge in [0.25, 0.3) is 0 Å². The minimum absolute atomic E-state index is 0.440. The van der Waals surface area contributed by atoms with Crippen molar-refractivity contribution in [1.29, 1.82) is 0 Å². The predicted octanol–water partition coefficient (Wildman–Crippen LogP) is 6.51. The van der Waals surface area contributed by atoms with Crippen molar-refractivity contribution in [3.05, 3.63) is 89.4 Å². The Morgan fingerprint density at radius 1 is 0.889 bits per heavy atom. The zero-order chi connectivity index (χ0) is 18.5. The van der Waals surface area contributed by atoms with Crippen molar-refractivity contribution in [2.24, 2.45) is 15.3 Å². The first-order valence-corrected chi connectivity index (χ1v) is 9.40. The molecule has 0 saturated heterocycles. The monoisotopic (exact) mass is 391 g/mol. The van der Waals surface area contributed by atoms with Crippen molar-refractivity contribution in [3.63, 3.8) is 0 Å². The molecule has 1 N–H and O–H groups in total. The lowest BCUT2D eigenvalue weighted by atomic mass is 10.2. The molecule has 0 unspecified atom stereocenters. The van der Waals surface area contributed by atoms with Crippen LogP contribution in [0.2, 0.25) is 5.02 Å². The number of hydrogen-bond acceptors (Lipinski definition) is 5. The number of hydrazone groups is 1. The molecular weight excluding hydrogens is 378 g/mol. The second kappa shape index (κ2) is 8.07. The summed E-state index contributed by atoms with van der Waals surface area (Å²) in [4.78, 5) is 4.47. The lowest BCUT2D eigenvalue weighted by Gasteiger charge is -2.04. The van der Waals surface area contributed by atoms with Gasteiger partial charge in [0.05, 0.1) is 20.9 Å². The van der Waals surface area contributed by atoms with Crippen molar-refractivity contribution in [1.82, 2.24) is 4.98 Å². The number of hydrogen-bond donors (Lipinski definition) is 1. The van der Waals surface area contributed by atoms with Gasteiger partial charge >= 0.3 is 0 Å².